The van der Waals surface area contributed by atoms with Crippen molar-refractivity contribution in [3.05, 3.63) is 0 Å². The van der Waals surface area contributed by atoms with Gasteiger partial charge in [0.05, 0.1) is 5.92 Å². The summed E-state index contributed by atoms with van der Waals surface area (Å²) in [5.41, 5.74) is 6.11. The number of hydrogen-bond donors (Lipinski definition) is 2. The van der Waals surface area contributed by atoms with Crippen molar-refractivity contribution in [2.75, 3.05) is 0 Å². The summed E-state index contributed by atoms with van der Waals surface area (Å²) in [4.78, 5) is 12.3. The Morgan fingerprint density at radius 3 is 2.72 bits per heavy atom. The highest BCUT2D eigenvalue weighted by Crippen LogP contribution is 2.29. The van der Waals surface area contributed by atoms with Gasteiger partial charge in [0.25, 0.3) is 0 Å². The van der Waals surface area contributed by atoms with Gasteiger partial charge in [-0.25, -0.2) is 0 Å². The van der Waals surface area contributed by atoms with Crippen molar-refractivity contribution < 1.29 is 4.79 Å². The van der Waals surface area contributed by atoms with E-state index in [9.17, 15) is 4.79 Å². The molecule has 0 aromatic rings. The molecule has 0 radical (unpaired) electrons. The summed E-state index contributed by atoms with van der Waals surface area (Å²) in [6.45, 7) is 6.46. The number of carbonyl (C=O) groups is 1. The molecule has 4 atom stereocenters. The molecule has 4 unspecified atom stereocenters. The molecule has 1 fully saturated rings. The Kier molecular flexibility index (Phi) is 6.69. The molecule has 0 spiro atoms. The number of carbonyl (C=O) groups excluding carboxylic acids is 1. The van der Waals surface area contributed by atoms with Crippen LogP contribution in [0.25, 0.3) is 0 Å². The van der Waals surface area contributed by atoms with Crippen LogP contribution in [0.3, 0.4) is 0 Å². The Morgan fingerprint density at radius 2 is 2.11 bits per heavy atom. The van der Waals surface area contributed by atoms with Gasteiger partial charge < -0.3 is 11.1 Å². The van der Waals surface area contributed by atoms with Crippen molar-refractivity contribution >= 4 is 5.91 Å². The van der Waals surface area contributed by atoms with E-state index in [2.05, 4.69) is 26.1 Å². The highest BCUT2D eigenvalue weighted by atomic mass is 16.2. The standard InChI is InChI=1S/C15H30N2O/c1-4-5-6-9-12(3)17-15(18)14-11(2)8-7-10-13(14)16/h11-14H,4-10,16H2,1-3H3,(H,17,18). The van der Waals surface area contributed by atoms with E-state index < -0.39 is 0 Å². The van der Waals surface area contributed by atoms with Crippen molar-refractivity contribution in [3.8, 4) is 0 Å². The minimum Gasteiger partial charge on any atom is -0.353 e. The molecule has 3 nitrogen and oxygen atoms in total. The summed E-state index contributed by atoms with van der Waals surface area (Å²) < 4.78 is 0. The third kappa shape index (κ3) is 4.60. The van der Waals surface area contributed by atoms with Crippen molar-refractivity contribution in [2.24, 2.45) is 17.6 Å². The maximum Gasteiger partial charge on any atom is 0.225 e. The van der Waals surface area contributed by atoms with Crippen molar-refractivity contribution in [1.29, 1.82) is 0 Å². The molecule has 1 aliphatic rings. The van der Waals surface area contributed by atoms with Gasteiger partial charge >= 0.3 is 0 Å². The highest BCUT2D eigenvalue weighted by molar-refractivity contribution is 5.80. The van der Waals surface area contributed by atoms with Crippen LogP contribution < -0.4 is 11.1 Å². The molecule has 3 N–H and O–H groups in total. The Labute approximate surface area is 112 Å². The molecule has 3 heteroatoms. The molecular formula is C15H30N2O. The first-order chi connectivity index (χ1) is 8.56. The second-order valence-corrected chi connectivity index (χ2v) is 6.00. The zero-order chi connectivity index (χ0) is 13.5. The van der Waals surface area contributed by atoms with E-state index in [-0.39, 0.29) is 23.9 Å². The van der Waals surface area contributed by atoms with Crippen LogP contribution in [-0.2, 0) is 4.79 Å². The van der Waals surface area contributed by atoms with E-state index in [0.29, 0.717) is 5.92 Å². The molecule has 1 amide bonds. The van der Waals surface area contributed by atoms with Crippen LogP contribution in [0.5, 0.6) is 0 Å². The van der Waals surface area contributed by atoms with Crippen LogP contribution in [0.2, 0.25) is 0 Å². The van der Waals surface area contributed by atoms with E-state index >= 15 is 0 Å². The van der Waals surface area contributed by atoms with Gasteiger partial charge in [-0.3, -0.25) is 4.79 Å². The smallest absolute Gasteiger partial charge is 0.225 e. The molecule has 1 saturated carbocycles. The average Bonchev–Trinajstić information content (AvgIpc) is 2.29. The van der Waals surface area contributed by atoms with Crippen LogP contribution >= 0.6 is 0 Å². The predicted octanol–water partition coefficient (Wildman–Crippen LogP) is 2.83. The molecule has 0 saturated heterocycles. The van der Waals surface area contributed by atoms with Gasteiger partial charge in [0, 0.05) is 12.1 Å². The first-order valence-corrected chi connectivity index (χ1v) is 7.62. The summed E-state index contributed by atoms with van der Waals surface area (Å²) in [5, 5.41) is 3.15. The van der Waals surface area contributed by atoms with E-state index in [1.165, 1.54) is 19.3 Å². The van der Waals surface area contributed by atoms with Crippen molar-refractivity contribution in [3.63, 3.8) is 0 Å². The Hall–Kier alpha value is -0.570. The second kappa shape index (κ2) is 7.78. The fourth-order valence-corrected chi connectivity index (χ4v) is 3.02. The topological polar surface area (TPSA) is 55.1 Å². The lowest BCUT2D eigenvalue weighted by Gasteiger charge is -2.34. The summed E-state index contributed by atoms with van der Waals surface area (Å²) in [6.07, 6.45) is 8.05. The van der Waals surface area contributed by atoms with Gasteiger partial charge in [-0.2, -0.15) is 0 Å². The zero-order valence-electron chi connectivity index (χ0n) is 12.2. The van der Waals surface area contributed by atoms with E-state index in [1.807, 2.05) is 0 Å². The number of hydrogen-bond acceptors (Lipinski definition) is 2. The Bertz CT molecular complexity index is 245. The van der Waals surface area contributed by atoms with Crippen molar-refractivity contribution in [2.45, 2.75) is 77.8 Å². The SMILES string of the molecule is CCCCCC(C)NC(=O)C1C(C)CCCC1N. The molecule has 0 heterocycles. The number of rotatable bonds is 6. The molecule has 1 rings (SSSR count). The largest absolute Gasteiger partial charge is 0.353 e. The number of nitrogens with one attached hydrogen (secondary N) is 1. The monoisotopic (exact) mass is 254 g/mol. The molecule has 1 aliphatic carbocycles. The van der Waals surface area contributed by atoms with Gasteiger partial charge in [0.15, 0.2) is 0 Å². The molecular weight excluding hydrogens is 224 g/mol. The minimum absolute atomic E-state index is 0.0207. The molecule has 106 valence electrons. The van der Waals surface area contributed by atoms with E-state index in [0.717, 1.165) is 25.7 Å². The van der Waals surface area contributed by atoms with Crippen LogP contribution in [-0.4, -0.2) is 18.0 Å². The third-order valence-electron chi connectivity index (χ3n) is 4.20. The molecule has 0 aromatic heterocycles. The predicted molar refractivity (Wildman–Crippen MR) is 76.2 cm³/mol. The maximum atomic E-state index is 12.3. The van der Waals surface area contributed by atoms with Crippen LogP contribution in [0.15, 0.2) is 0 Å². The number of amides is 1. The minimum atomic E-state index is 0.0207. The van der Waals surface area contributed by atoms with Crippen LogP contribution in [0, 0.1) is 11.8 Å². The normalized spacial score (nSPS) is 29.9. The second-order valence-electron chi connectivity index (χ2n) is 6.00. The van der Waals surface area contributed by atoms with Gasteiger partial charge in [-0.05, 0) is 32.1 Å². The van der Waals surface area contributed by atoms with Gasteiger partial charge in [-0.15, -0.1) is 0 Å². The Balaban J connectivity index is 2.38. The summed E-state index contributed by atoms with van der Waals surface area (Å²) in [6, 6.07) is 0.335. The summed E-state index contributed by atoms with van der Waals surface area (Å²) >= 11 is 0. The first-order valence-electron chi connectivity index (χ1n) is 7.62. The van der Waals surface area contributed by atoms with Crippen LogP contribution in [0.1, 0.15) is 65.7 Å². The fourth-order valence-electron chi connectivity index (χ4n) is 3.02. The lowest BCUT2D eigenvalue weighted by molar-refractivity contribution is -0.128. The lowest BCUT2D eigenvalue weighted by Crippen LogP contribution is -2.49. The quantitative estimate of drug-likeness (QED) is 0.716. The highest BCUT2D eigenvalue weighted by Gasteiger charge is 2.34. The molecule has 18 heavy (non-hydrogen) atoms. The number of nitrogens with two attached hydrogens (primary N) is 1. The zero-order valence-corrected chi connectivity index (χ0v) is 12.2. The maximum absolute atomic E-state index is 12.3. The van der Waals surface area contributed by atoms with Gasteiger partial charge in [0.1, 0.15) is 0 Å². The van der Waals surface area contributed by atoms with E-state index in [4.69, 9.17) is 5.73 Å². The number of unbranched alkanes of at least 4 members (excludes halogenated alkanes) is 2. The summed E-state index contributed by atoms with van der Waals surface area (Å²) in [7, 11) is 0. The molecule has 0 bridgehead atoms. The van der Waals surface area contributed by atoms with Gasteiger partial charge in [0.2, 0.25) is 5.91 Å². The molecule has 0 aromatic carbocycles. The Morgan fingerprint density at radius 1 is 1.39 bits per heavy atom. The lowest BCUT2D eigenvalue weighted by atomic mass is 9.76. The summed E-state index contributed by atoms with van der Waals surface area (Å²) in [5.74, 6) is 0.627. The first kappa shape index (κ1) is 15.5. The third-order valence-corrected chi connectivity index (χ3v) is 4.20. The van der Waals surface area contributed by atoms with E-state index in [1.54, 1.807) is 0 Å². The van der Waals surface area contributed by atoms with Gasteiger partial charge in [-0.1, -0.05) is 39.5 Å². The van der Waals surface area contributed by atoms with Crippen LogP contribution in [0.4, 0.5) is 0 Å². The molecule has 0 aliphatic heterocycles. The fraction of sp³-hybridized carbons (Fsp3) is 0.933. The average molecular weight is 254 g/mol. The van der Waals surface area contributed by atoms with Crippen molar-refractivity contribution in [1.82, 2.24) is 5.32 Å².